The number of ether oxygens (including phenoxy) is 3. The average Bonchev–Trinajstić information content (AvgIpc) is 3.42. The van der Waals surface area contributed by atoms with E-state index in [1.807, 2.05) is 42.5 Å². The molecule has 1 heterocycles. The highest BCUT2D eigenvalue weighted by molar-refractivity contribution is 5.85. The number of carbonyl (C=O) groups excluding carboxylic acids is 1. The second kappa shape index (κ2) is 7.24. The van der Waals surface area contributed by atoms with Crippen LogP contribution in [0.25, 0.3) is 0 Å². The molecule has 0 bridgehead atoms. The van der Waals surface area contributed by atoms with E-state index >= 15 is 0 Å². The zero-order valence-electron chi connectivity index (χ0n) is 15.8. The summed E-state index contributed by atoms with van der Waals surface area (Å²) in [6.45, 7) is 1.80. The number of amides is 1. The van der Waals surface area contributed by atoms with Crippen LogP contribution in [0.15, 0.2) is 42.5 Å². The molecule has 5 nitrogen and oxygen atoms in total. The number of methoxy groups -OCH3 is 2. The molecule has 0 unspecified atom stereocenters. The second-order valence-corrected chi connectivity index (χ2v) is 7.34. The van der Waals surface area contributed by atoms with Crippen LogP contribution in [0.4, 0.5) is 0 Å². The third-order valence-electron chi connectivity index (χ3n) is 5.72. The number of carbonyl (C=O) groups is 1. The lowest BCUT2D eigenvalue weighted by Gasteiger charge is -2.27. The van der Waals surface area contributed by atoms with Crippen LogP contribution in [0, 0.1) is 5.92 Å². The van der Waals surface area contributed by atoms with Crippen LogP contribution in [0.2, 0.25) is 0 Å². The SMILES string of the molecule is COCc1ccc(CNC(=O)[C@H]2C[C@@]23CCOc2ccc(OC)cc23)cc1. The van der Waals surface area contributed by atoms with Gasteiger partial charge in [0.2, 0.25) is 5.91 Å². The molecule has 1 fully saturated rings. The first-order valence-corrected chi connectivity index (χ1v) is 9.32. The molecule has 1 saturated carbocycles. The van der Waals surface area contributed by atoms with E-state index in [9.17, 15) is 4.79 Å². The predicted octanol–water partition coefficient (Wildman–Crippen LogP) is 3.20. The van der Waals surface area contributed by atoms with Crippen LogP contribution < -0.4 is 14.8 Å². The molecule has 2 aromatic rings. The van der Waals surface area contributed by atoms with Crippen LogP contribution in [-0.4, -0.2) is 26.7 Å². The van der Waals surface area contributed by atoms with Crippen molar-refractivity contribution in [3.8, 4) is 11.5 Å². The summed E-state index contributed by atoms with van der Waals surface area (Å²) in [5.41, 5.74) is 3.22. The summed E-state index contributed by atoms with van der Waals surface area (Å²) in [4.78, 5) is 12.8. The molecule has 142 valence electrons. The second-order valence-electron chi connectivity index (χ2n) is 7.34. The van der Waals surface area contributed by atoms with Crippen molar-refractivity contribution in [3.05, 3.63) is 59.2 Å². The Morgan fingerprint density at radius 1 is 1.19 bits per heavy atom. The standard InChI is InChI=1S/C22H25NO4/c1-25-14-16-5-3-15(4-6-16)13-23-21(24)19-12-22(19)9-10-27-20-8-7-17(26-2)11-18(20)22/h3-8,11,19H,9-10,12-14H2,1-2H3,(H,23,24)/t19-,22-/m1/s1. The molecule has 4 rings (SSSR count). The minimum absolute atomic E-state index is 0.0000192. The molecular formula is C22H25NO4. The van der Waals surface area contributed by atoms with E-state index in [4.69, 9.17) is 14.2 Å². The summed E-state index contributed by atoms with van der Waals surface area (Å²) >= 11 is 0. The normalized spacial score (nSPS) is 22.7. The fourth-order valence-corrected chi connectivity index (χ4v) is 4.08. The zero-order valence-corrected chi connectivity index (χ0v) is 15.8. The number of fused-ring (bicyclic) bond motifs is 2. The molecule has 2 atom stereocenters. The number of benzene rings is 2. The molecule has 1 aliphatic heterocycles. The van der Waals surface area contributed by atoms with Crippen molar-refractivity contribution in [1.29, 1.82) is 0 Å². The van der Waals surface area contributed by atoms with Gasteiger partial charge in [-0.05, 0) is 42.2 Å². The number of hydrogen-bond acceptors (Lipinski definition) is 4. The van der Waals surface area contributed by atoms with Crippen molar-refractivity contribution in [2.24, 2.45) is 5.92 Å². The molecule has 0 radical (unpaired) electrons. The van der Waals surface area contributed by atoms with E-state index in [-0.39, 0.29) is 17.2 Å². The summed E-state index contributed by atoms with van der Waals surface area (Å²) < 4.78 is 16.3. The van der Waals surface area contributed by atoms with Crippen LogP contribution in [0.5, 0.6) is 11.5 Å². The quantitative estimate of drug-likeness (QED) is 0.852. The Kier molecular flexibility index (Phi) is 4.79. The Balaban J connectivity index is 1.42. The number of nitrogens with one attached hydrogen (secondary N) is 1. The summed E-state index contributed by atoms with van der Waals surface area (Å²) in [5, 5.41) is 3.10. The summed E-state index contributed by atoms with van der Waals surface area (Å²) in [5.74, 6) is 1.80. The lowest BCUT2D eigenvalue weighted by molar-refractivity contribution is -0.123. The van der Waals surface area contributed by atoms with E-state index in [2.05, 4.69) is 5.32 Å². The summed E-state index contributed by atoms with van der Waals surface area (Å²) in [7, 11) is 3.34. The molecule has 2 aliphatic rings. The molecule has 27 heavy (non-hydrogen) atoms. The first-order chi connectivity index (χ1) is 13.2. The van der Waals surface area contributed by atoms with Gasteiger partial charge in [-0.25, -0.2) is 0 Å². The topological polar surface area (TPSA) is 56.8 Å². The Bertz CT molecular complexity index is 833. The van der Waals surface area contributed by atoms with Crippen LogP contribution >= 0.6 is 0 Å². The maximum atomic E-state index is 12.8. The fraction of sp³-hybridized carbons (Fsp3) is 0.409. The molecule has 5 heteroatoms. The van der Waals surface area contributed by atoms with Gasteiger partial charge < -0.3 is 19.5 Å². The van der Waals surface area contributed by atoms with Gasteiger partial charge in [0.05, 0.1) is 20.3 Å². The van der Waals surface area contributed by atoms with Gasteiger partial charge in [-0.15, -0.1) is 0 Å². The largest absolute Gasteiger partial charge is 0.497 e. The Morgan fingerprint density at radius 3 is 2.70 bits per heavy atom. The fourth-order valence-electron chi connectivity index (χ4n) is 4.08. The Hall–Kier alpha value is -2.53. The molecular weight excluding hydrogens is 342 g/mol. The number of rotatable bonds is 6. The van der Waals surface area contributed by atoms with E-state index in [1.54, 1.807) is 14.2 Å². The van der Waals surface area contributed by atoms with Crippen molar-refractivity contribution in [1.82, 2.24) is 5.32 Å². The van der Waals surface area contributed by atoms with Crippen molar-refractivity contribution in [3.63, 3.8) is 0 Å². The first-order valence-electron chi connectivity index (χ1n) is 9.32. The van der Waals surface area contributed by atoms with Crippen molar-refractivity contribution in [2.75, 3.05) is 20.8 Å². The lowest BCUT2D eigenvalue weighted by atomic mass is 9.87. The van der Waals surface area contributed by atoms with Gasteiger partial charge in [-0.2, -0.15) is 0 Å². The summed E-state index contributed by atoms with van der Waals surface area (Å²) in [6.07, 6.45) is 1.74. The van der Waals surface area contributed by atoms with Crippen LogP contribution in [0.3, 0.4) is 0 Å². The highest BCUT2D eigenvalue weighted by Gasteiger charge is 2.61. The van der Waals surface area contributed by atoms with E-state index in [0.29, 0.717) is 19.8 Å². The van der Waals surface area contributed by atoms with Gasteiger partial charge in [0.25, 0.3) is 0 Å². The molecule has 0 aromatic heterocycles. The minimum atomic E-state index is -0.103. The van der Waals surface area contributed by atoms with Crippen molar-refractivity contribution < 1.29 is 19.0 Å². The van der Waals surface area contributed by atoms with Crippen molar-refractivity contribution >= 4 is 5.91 Å². The van der Waals surface area contributed by atoms with Crippen LogP contribution in [-0.2, 0) is 28.1 Å². The van der Waals surface area contributed by atoms with Gasteiger partial charge in [0.15, 0.2) is 0 Å². The highest BCUT2D eigenvalue weighted by Crippen LogP contribution is 2.61. The Morgan fingerprint density at radius 2 is 1.96 bits per heavy atom. The van der Waals surface area contributed by atoms with Gasteiger partial charge in [-0.3, -0.25) is 4.79 Å². The van der Waals surface area contributed by atoms with Gasteiger partial charge >= 0.3 is 0 Å². The highest BCUT2D eigenvalue weighted by atomic mass is 16.5. The average molecular weight is 367 g/mol. The van der Waals surface area contributed by atoms with Gasteiger partial charge in [0, 0.05) is 30.6 Å². The third-order valence-corrected chi connectivity index (χ3v) is 5.72. The van der Waals surface area contributed by atoms with Crippen molar-refractivity contribution in [2.45, 2.75) is 31.4 Å². The predicted molar refractivity (Wildman–Crippen MR) is 102 cm³/mol. The molecule has 1 amide bonds. The van der Waals surface area contributed by atoms with Gasteiger partial charge in [0.1, 0.15) is 11.5 Å². The minimum Gasteiger partial charge on any atom is -0.497 e. The molecule has 1 N–H and O–H groups in total. The number of hydrogen-bond donors (Lipinski definition) is 1. The van der Waals surface area contributed by atoms with E-state index in [0.717, 1.165) is 41.0 Å². The molecule has 1 spiro atoms. The zero-order chi connectivity index (χ0) is 18.9. The van der Waals surface area contributed by atoms with E-state index in [1.165, 1.54) is 0 Å². The molecule has 2 aromatic carbocycles. The first kappa shape index (κ1) is 17.9. The Labute approximate surface area is 159 Å². The molecule has 0 saturated heterocycles. The lowest BCUT2D eigenvalue weighted by Crippen LogP contribution is -2.30. The maximum absolute atomic E-state index is 12.8. The van der Waals surface area contributed by atoms with Crippen LogP contribution in [0.1, 0.15) is 29.5 Å². The smallest absolute Gasteiger partial charge is 0.224 e. The monoisotopic (exact) mass is 367 g/mol. The third kappa shape index (κ3) is 3.39. The van der Waals surface area contributed by atoms with Gasteiger partial charge in [-0.1, -0.05) is 24.3 Å². The summed E-state index contributed by atoms with van der Waals surface area (Å²) in [6, 6.07) is 14.0. The molecule has 1 aliphatic carbocycles. The maximum Gasteiger partial charge on any atom is 0.224 e. The van der Waals surface area contributed by atoms with E-state index < -0.39 is 0 Å².